The molecule has 0 aliphatic carbocycles. The third kappa shape index (κ3) is 22.6. The number of hydrogen-bond donors (Lipinski definition) is 6. The van der Waals surface area contributed by atoms with Crippen molar-refractivity contribution in [2.75, 3.05) is 77.8 Å². The van der Waals surface area contributed by atoms with Crippen molar-refractivity contribution in [2.24, 2.45) is 11.7 Å². The number of imide groups is 1. The van der Waals surface area contributed by atoms with Crippen LogP contribution in [0.1, 0.15) is 71.3 Å². The van der Waals surface area contributed by atoms with Crippen LogP contribution in [0.4, 0.5) is 15.3 Å². The molecule has 330 valence electrons. The van der Waals surface area contributed by atoms with Gasteiger partial charge < -0.3 is 56.0 Å². The van der Waals surface area contributed by atoms with Gasteiger partial charge in [0, 0.05) is 50.5 Å². The summed E-state index contributed by atoms with van der Waals surface area (Å²) in [5.74, 6) is -2.44. The number of benzene rings is 1. The molecule has 0 radical (unpaired) electrons. The van der Waals surface area contributed by atoms with Crippen LogP contribution in [0.2, 0.25) is 0 Å². The van der Waals surface area contributed by atoms with Crippen molar-refractivity contribution in [3.63, 3.8) is 0 Å². The molecule has 1 aliphatic heterocycles. The quantitative estimate of drug-likeness (QED) is 0.0450. The second-order valence-corrected chi connectivity index (χ2v) is 13.9. The monoisotopic (exact) mass is 833 g/mol. The van der Waals surface area contributed by atoms with Gasteiger partial charge in [0.25, 0.3) is 11.8 Å². The highest BCUT2D eigenvalue weighted by molar-refractivity contribution is 6.12. The number of nitrogens with one attached hydrogen (secondary N) is 5. The van der Waals surface area contributed by atoms with E-state index in [0.717, 1.165) is 17.9 Å². The molecule has 0 fully saturated rings. The number of primary amides is 1. The molecule has 0 saturated carbocycles. The lowest BCUT2D eigenvalue weighted by Gasteiger charge is -2.25. The first-order valence-corrected chi connectivity index (χ1v) is 20.2. The smallest absolute Gasteiger partial charge is 0.407 e. The molecule has 19 nitrogen and oxygen atoms in total. The van der Waals surface area contributed by atoms with Gasteiger partial charge >= 0.3 is 12.1 Å². The molecule has 8 amide bonds. The topological polar surface area (TPSA) is 255 Å². The molecule has 2 atom stereocenters. The number of unbranched alkanes of at least 4 members (excludes halogenated alkanes) is 2. The molecule has 0 bridgehead atoms. The SMILES string of the molecule is CCCOCCOCCOCCOCCNC(=O)OCc1ccc(NC(=O)[C@H](CCCNC(N)=O)NC(=O)[C@@H](NC(=O)CCCCCN2C(=O)C=CC2=O)C(C)C)cc1. The Labute approximate surface area is 346 Å². The van der Waals surface area contributed by atoms with E-state index in [-0.39, 0.29) is 69.3 Å². The van der Waals surface area contributed by atoms with E-state index in [2.05, 4.69) is 26.6 Å². The first-order valence-electron chi connectivity index (χ1n) is 20.2. The first kappa shape index (κ1) is 50.0. The molecule has 1 aliphatic rings. The highest BCUT2D eigenvalue weighted by atomic mass is 16.6. The minimum atomic E-state index is -1.02. The van der Waals surface area contributed by atoms with E-state index in [4.69, 9.17) is 29.4 Å². The van der Waals surface area contributed by atoms with Gasteiger partial charge in [-0.15, -0.1) is 0 Å². The predicted octanol–water partition coefficient (Wildman–Crippen LogP) is 1.89. The van der Waals surface area contributed by atoms with E-state index in [1.807, 2.05) is 6.92 Å². The number of alkyl carbamates (subject to hydrolysis) is 1. The number of carbonyl (C=O) groups is 7. The number of urea groups is 1. The third-order valence-corrected chi connectivity index (χ3v) is 8.63. The minimum absolute atomic E-state index is 0.0201. The molecule has 0 unspecified atom stereocenters. The summed E-state index contributed by atoms with van der Waals surface area (Å²) in [6.07, 6.45) is 5.02. The van der Waals surface area contributed by atoms with Crippen LogP contribution in [-0.2, 0) is 54.3 Å². The average molecular weight is 834 g/mol. The van der Waals surface area contributed by atoms with Crippen LogP contribution in [0.3, 0.4) is 0 Å². The highest BCUT2D eigenvalue weighted by Crippen LogP contribution is 2.13. The normalized spacial score (nSPS) is 13.3. The maximum absolute atomic E-state index is 13.4. The molecule has 1 heterocycles. The number of ether oxygens (including phenoxy) is 5. The zero-order valence-electron chi connectivity index (χ0n) is 34.6. The van der Waals surface area contributed by atoms with Crippen LogP contribution >= 0.6 is 0 Å². The molecule has 0 saturated heterocycles. The summed E-state index contributed by atoms with van der Waals surface area (Å²) in [5.41, 5.74) is 6.25. The van der Waals surface area contributed by atoms with E-state index in [0.29, 0.717) is 76.6 Å². The number of rotatable bonds is 32. The Bertz CT molecular complexity index is 1470. The summed E-state index contributed by atoms with van der Waals surface area (Å²) < 4.78 is 26.9. The molecule has 19 heteroatoms. The maximum atomic E-state index is 13.4. The second-order valence-electron chi connectivity index (χ2n) is 13.9. The van der Waals surface area contributed by atoms with Gasteiger partial charge in [0.2, 0.25) is 17.7 Å². The molecular formula is C40H63N7O12. The van der Waals surface area contributed by atoms with E-state index in [1.54, 1.807) is 38.1 Å². The van der Waals surface area contributed by atoms with Crippen molar-refractivity contribution < 1.29 is 57.2 Å². The van der Waals surface area contributed by atoms with Crippen LogP contribution in [0.5, 0.6) is 0 Å². The summed E-state index contributed by atoms with van der Waals surface area (Å²) in [6.45, 7) is 10.0. The highest BCUT2D eigenvalue weighted by Gasteiger charge is 2.29. The summed E-state index contributed by atoms with van der Waals surface area (Å²) in [4.78, 5) is 87.5. The number of anilines is 1. The van der Waals surface area contributed by atoms with Crippen molar-refractivity contribution in [2.45, 2.75) is 84.4 Å². The van der Waals surface area contributed by atoms with Gasteiger partial charge in [-0.3, -0.25) is 28.9 Å². The summed E-state index contributed by atoms with van der Waals surface area (Å²) in [6, 6.07) is 3.92. The molecule has 0 spiro atoms. The van der Waals surface area contributed by atoms with Gasteiger partial charge in [-0.1, -0.05) is 39.3 Å². The summed E-state index contributed by atoms with van der Waals surface area (Å²) >= 11 is 0. The van der Waals surface area contributed by atoms with E-state index >= 15 is 0 Å². The fourth-order valence-electron chi connectivity index (χ4n) is 5.46. The molecular weight excluding hydrogens is 770 g/mol. The standard InChI is InChI=1S/C40H63N7O12/c1-4-20-55-22-24-57-26-27-58-25-23-56-21-18-43-40(54)59-28-30-11-13-31(14-12-30)44-37(51)32(9-8-17-42-39(41)53)45-38(52)36(29(2)3)46-33(48)10-6-5-7-19-47-34(49)15-16-35(47)50/h11-16,29,32,36H,4-10,17-28H2,1-3H3,(H,43,54)(H,44,51)(H,45,52)(H,46,48)(H3,41,42,53)/t32-,36-/m0/s1. The Morgan fingerprint density at radius 2 is 1.32 bits per heavy atom. The zero-order chi connectivity index (χ0) is 43.3. The Balaban J connectivity index is 1.75. The minimum Gasteiger partial charge on any atom is -0.445 e. The van der Waals surface area contributed by atoms with Gasteiger partial charge in [0.15, 0.2) is 0 Å². The van der Waals surface area contributed by atoms with Gasteiger partial charge in [0.05, 0.1) is 46.2 Å². The third-order valence-electron chi connectivity index (χ3n) is 8.63. The Kier molecular flexibility index (Phi) is 25.4. The van der Waals surface area contributed by atoms with Crippen molar-refractivity contribution in [1.82, 2.24) is 26.2 Å². The second kappa shape index (κ2) is 30.0. The van der Waals surface area contributed by atoms with E-state index < -0.39 is 36.0 Å². The Hall–Kier alpha value is -5.11. The lowest BCUT2D eigenvalue weighted by molar-refractivity contribution is -0.137. The van der Waals surface area contributed by atoms with Gasteiger partial charge in [-0.2, -0.15) is 0 Å². The van der Waals surface area contributed by atoms with Gasteiger partial charge in [0.1, 0.15) is 18.7 Å². The number of hydrogen-bond acceptors (Lipinski definition) is 12. The fraction of sp³-hybridized carbons (Fsp3) is 0.625. The Morgan fingerprint density at radius 1 is 0.712 bits per heavy atom. The molecule has 59 heavy (non-hydrogen) atoms. The van der Waals surface area contributed by atoms with Crippen molar-refractivity contribution in [1.29, 1.82) is 0 Å². The predicted molar refractivity (Wildman–Crippen MR) is 217 cm³/mol. The maximum Gasteiger partial charge on any atom is 0.407 e. The molecule has 2 rings (SSSR count). The van der Waals surface area contributed by atoms with Gasteiger partial charge in [-0.05, 0) is 55.7 Å². The fourth-order valence-corrected chi connectivity index (χ4v) is 5.46. The van der Waals surface area contributed by atoms with Gasteiger partial charge in [-0.25, -0.2) is 9.59 Å². The van der Waals surface area contributed by atoms with E-state index in [9.17, 15) is 33.6 Å². The first-order chi connectivity index (χ1) is 28.4. The molecule has 0 aromatic heterocycles. The molecule has 7 N–H and O–H groups in total. The number of nitrogens with zero attached hydrogens (tertiary/aromatic N) is 1. The van der Waals surface area contributed by atoms with Crippen LogP contribution in [0, 0.1) is 5.92 Å². The van der Waals surface area contributed by atoms with Crippen LogP contribution in [0.15, 0.2) is 36.4 Å². The van der Waals surface area contributed by atoms with E-state index in [1.165, 1.54) is 12.2 Å². The number of carbonyl (C=O) groups excluding carboxylic acids is 7. The summed E-state index contributed by atoms with van der Waals surface area (Å²) in [5, 5.41) is 13.3. The Morgan fingerprint density at radius 3 is 1.92 bits per heavy atom. The molecule has 1 aromatic carbocycles. The molecule has 1 aromatic rings. The average Bonchev–Trinajstić information content (AvgIpc) is 3.52. The lowest BCUT2D eigenvalue weighted by Crippen LogP contribution is -2.54. The van der Waals surface area contributed by atoms with Crippen LogP contribution in [-0.4, -0.2) is 131 Å². The number of amides is 8. The largest absolute Gasteiger partial charge is 0.445 e. The van der Waals surface area contributed by atoms with Crippen molar-refractivity contribution in [3.8, 4) is 0 Å². The lowest BCUT2D eigenvalue weighted by atomic mass is 10.0. The van der Waals surface area contributed by atoms with Crippen LogP contribution < -0.4 is 32.3 Å². The summed E-state index contributed by atoms with van der Waals surface area (Å²) in [7, 11) is 0. The number of nitrogens with two attached hydrogens (primary N) is 1. The zero-order valence-corrected chi connectivity index (χ0v) is 34.6. The van der Waals surface area contributed by atoms with Crippen molar-refractivity contribution >= 4 is 47.3 Å². The van der Waals surface area contributed by atoms with Crippen molar-refractivity contribution in [3.05, 3.63) is 42.0 Å². The van der Waals surface area contributed by atoms with Crippen LogP contribution in [0.25, 0.3) is 0 Å².